The quantitative estimate of drug-likeness (QED) is 0.871. The smallest absolute Gasteiger partial charge is 0.0658 e. The Balaban J connectivity index is 0.00000116. The summed E-state index contributed by atoms with van der Waals surface area (Å²) in [6.07, 6.45) is 1.82. The normalized spacial score (nSPS) is 22.0. The summed E-state index contributed by atoms with van der Waals surface area (Å²) in [5.41, 5.74) is 10.4. The molecule has 0 spiro atoms. The first-order valence-electron chi connectivity index (χ1n) is 8.12. The Bertz CT molecular complexity index is 535. The number of nitrogens with one attached hydrogen (secondary N) is 1. The molecular weight excluding hydrogens is 294 g/mol. The summed E-state index contributed by atoms with van der Waals surface area (Å²) >= 11 is 6.18. The Morgan fingerprint density at radius 1 is 1.36 bits per heavy atom. The lowest BCUT2D eigenvalue weighted by atomic mass is 9.94. The van der Waals surface area contributed by atoms with Crippen LogP contribution in [0.2, 0.25) is 5.02 Å². The molecule has 2 rings (SSSR count). The minimum absolute atomic E-state index is 0.242. The first kappa shape index (κ1) is 18.7. The molecule has 3 N–H and O–H groups in total. The zero-order valence-electron chi connectivity index (χ0n) is 14.1. The van der Waals surface area contributed by atoms with Gasteiger partial charge in [0.2, 0.25) is 0 Å². The molecule has 0 bridgehead atoms. The van der Waals surface area contributed by atoms with E-state index in [9.17, 15) is 0 Å². The van der Waals surface area contributed by atoms with E-state index >= 15 is 0 Å². The second kappa shape index (κ2) is 9.65. The van der Waals surface area contributed by atoms with Crippen LogP contribution in [0.3, 0.4) is 0 Å². The van der Waals surface area contributed by atoms with Crippen molar-refractivity contribution in [2.45, 2.75) is 53.1 Å². The van der Waals surface area contributed by atoms with Crippen molar-refractivity contribution < 1.29 is 0 Å². The van der Waals surface area contributed by atoms with Crippen molar-refractivity contribution in [3.63, 3.8) is 0 Å². The van der Waals surface area contributed by atoms with E-state index in [4.69, 9.17) is 22.3 Å². The number of rotatable bonds is 3. The van der Waals surface area contributed by atoms with Crippen molar-refractivity contribution in [1.29, 1.82) is 0 Å². The molecule has 1 heterocycles. The topological polar surface area (TPSA) is 50.4 Å². The molecule has 3 nitrogen and oxygen atoms in total. The van der Waals surface area contributed by atoms with Crippen LogP contribution in [-0.2, 0) is 6.54 Å². The molecule has 1 aliphatic heterocycles. The molecule has 0 amide bonds. The molecule has 0 saturated carbocycles. The van der Waals surface area contributed by atoms with Gasteiger partial charge < -0.3 is 11.1 Å². The van der Waals surface area contributed by atoms with E-state index in [1.165, 1.54) is 5.57 Å². The third-order valence-corrected chi connectivity index (χ3v) is 4.06. The SMILES string of the molecule is CC.CC/C(N)=C1\CCNC(C)C1=NCc1ccccc1Cl. The molecule has 0 aromatic heterocycles. The Labute approximate surface area is 139 Å². The predicted octanol–water partition coefficient (Wildman–Crippen LogP) is 4.31. The molecule has 1 aromatic carbocycles. The standard InChI is InChI=1S/C16H22ClN3.C2H6/c1-3-15(18)13-8-9-19-11(2)16(13)20-10-12-6-4-5-7-14(12)17;1-2/h4-7,11,19H,3,8-10,18H2,1-2H3;1-2H3/b15-13-,20-16?;. The number of hydrogen-bond acceptors (Lipinski definition) is 3. The van der Waals surface area contributed by atoms with Crippen LogP contribution in [0.1, 0.15) is 46.1 Å². The van der Waals surface area contributed by atoms with Crippen molar-refractivity contribution in [3.05, 3.63) is 46.1 Å². The second-order valence-corrected chi connectivity index (χ2v) is 5.48. The molecule has 1 unspecified atom stereocenters. The molecule has 22 heavy (non-hydrogen) atoms. The van der Waals surface area contributed by atoms with E-state index in [1.54, 1.807) is 0 Å². The molecule has 1 atom stereocenters. The highest BCUT2D eigenvalue weighted by Crippen LogP contribution is 2.20. The summed E-state index contributed by atoms with van der Waals surface area (Å²) in [6.45, 7) is 9.78. The molecule has 122 valence electrons. The van der Waals surface area contributed by atoms with Gasteiger partial charge in [-0.25, -0.2) is 0 Å². The van der Waals surface area contributed by atoms with E-state index in [0.717, 1.165) is 41.4 Å². The van der Waals surface area contributed by atoms with Gasteiger partial charge in [0, 0.05) is 16.8 Å². The van der Waals surface area contributed by atoms with Crippen LogP contribution in [0.5, 0.6) is 0 Å². The first-order chi connectivity index (χ1) is 10.6. The van der Waals surface area contributed by atoms with Crippen molar-refractivity contribution in [2.24, 2.45) is 10.7 Å². The molecule has 1 fully saturated rings. The molecule has 1 saturated heterocycles. The van der Waals surface area contributed by atoms with Gasteiger partial charge in [-0.15, -0.1) is 0 Å². The predicted molar refractivity (Wildman–Crippen MR) is 97.5 cm³/mol. The van der Waals surface area contributed by atoms with E-state index in [0.29, 0.717) is 6.54 Å². The van der Waals surface area contributed by atoms with Crippen molar-refractivity contribution in [2.75, 3.05) is 6.54 Å². The summed E-state index contributed by atoms with van der Waals surface area (Å²) in [7, 11) is 0. The first-order valence-corrected chi connectivity index (χ1v) is 8.50. The van der Waals surface area contributed by atoms with E-state index in [1.807, 2.05) is 38.1 Å². The second-order valence-electron chi connectivity index (χ2n) is 5.08. The number of aliphatic imine (C=N–C) groups is 1. The zero-order chi connectivity index (χ0) is 16.5. The minimum Gasteiger partial charge on any atom is -0.402 e. The fourth-order valence-electron chi connectivity index (χ4n) is 2.47. The highest BCUT2D eigenvalue weighted by atomic mass is 35.5. The summed E-state index contributed by atoms with van der Waals surface area (Å²) in [5.74, 6) is 0. The number of allylic oxidation sites excluding steroid dienone is 1. The zero-order valence-corrected chi connectivity index (χ0v) is 14.9. The number of halogens is 1. The Hall–Kier alpha value is -1.32. The van der Waals surface area contributed by atoms with Crippen molar-refractivity contribution >= 4 is 17.3 Å². The molecular formula is C18H28ClN3. The van der Waals surface area contributed by atoms with Gasteiger partial charge >= 0.3 is 0 Å². The minimum atomic E-state index is 0.242. The molecule has 0 aliphatic carbocycles. The molecule has 1 aromatic rings. The van der Waals surface area contributed by atoms with Crippen LogP contribution >= 0.6 is 11.6 Å². The summed E-state index contributed by atoms with van der Waals surface area (Å²) in [4.78, 5) is 4.78. The van der Waals surface area contributed by atoms with E-state index < -0.39 is 0 Å². The van der Waals surface area contributed by atoms with Crippen LogP contribution in [0.4, 0.5) is 0 Å². The number of hydrogen-bond donors (Lipinski definition) is 2. The van der Waals surface area contributed by atoms with Crippen LogP contribution in [-0.4, -0.2) is 18.3 Å². The summed E-state index contributed by atoms with van der Waals surface area (Å²) in [6, 6.07) is 8.08. The summed E-state index contributed by atoms with van der Waals surface area (Å²) < 4.78 is 0. The largest absolute Gasteiger partial charge is 0.402 e. The van der Waals surface area contributed by atoms with Gasteiger partial charge in [0.1, 0.15) is 0 Å². The van der Waals surface area contributed by atoms with Gasteiger partial charge in [-0.05, 0) is 43.5 Å². The lowest BCUT2D eigenvalue weighted by molar-refractivity contribution is 0.621. The maximum atomic E-state index is 6.18. The van der Waals surface area contributed by atoms with Crippen LogP contribution < -0.4 is 11.1 Å². The fourth-order valence-corrected chi connectivity index (χ4v) is 2.66. The van der Waals surface area contributed by atoms with Crippen LogP contribution in [0.25, 0.3) is 0 Å². The Morgan fingerprint density at radius 3 is 2.68 bits per heavy atom. The number of benzene rings is 1. The Morgan fingerprint density at radius 2 is 2.05 bits per heavy atom. The van der Waals surface area contributed by atoms with Crippen LogP contribution in [0.15, 0.2) is 40.5 Å². The number of piperidine rings is 1. The number of nitrogens with zero attached hydrogens (tertiary/aromatic N) is 1. The molecule has 0 radical (unpaired) electrons. The maximum absolute atomic E-state index is 6.18. The average Bonchev–Trinajstić information content (AvgIpc) is 2.56. The van der Waals surface area contributed by atoms with Crippen molar-refractivity contribution in [1.82, 2.24) is 5.32 Å². The monoisotopic (exact) mass is 321 g/mol. The lowest BCUT2D eigenvalue weighted by Crippen LogP contribution is -2.42. The summed E-state index contributed by atoms with van der Waals surface area (Å²) in [5, 5.41) is 4.20. The lowest BCUT2D eigenvalue weighted by Gasteiger charge is -2.26. The van der Waals surface area contributed by atoms with E-state index in [2.05, 4.69) is 19.2 Å². The van der Waals surface area contributed by atoms with Gasteiger partial charge in [-0.2, -0.15) is 0 Å². The van der Waals surface area contributed by atoms with E-state index in [-0.39, 0.29) is 6.04 Å². The van der Waals surface area contributed by atoms with Gasteiger partial charge in [0.25, 0.3) is 0 Å². The van der Waals surface area contributed by atoms with Gasteiger partial charge in [-0.3, -0.25) is 4.99 Å². The number of nitrogens with two attached hydrogens (primary N) is 1. The van der Waals surface area contributed by atoms with Crippen LogP contribution in [0, 0.1) is 0 Å². The van der Waals surface area contributed by atoms with Crippen molar-refractivity contribution in [3.8, 4) is 0 Å². The molecule has 1 aliphatic rings. The third-order valence-electron chi connectivity index (χ3n) is 3.69. The highest BCUT2D eigenvalue weighted by molar-refractivity contribution is 6.31. The maximum Gasteiger partial charge on any atom is 0.0658 e. The van der Waals surface area contributed by atoms with Gasteiger partial charge in [-0.1, -0.05) is 50.6 Å². The van der Waals surface area contributed by atoms with Gasteiger partial charge in [0.05, 0.1) is 12.3 Å². The Kier molecular flexibility index (Phi) is 8.21. The average molecular weight is 322 g/mol. The van der Waals surface area contributed by atoms with Gasteiger partial charge in [0.15, 0.2) is 0 Å². The third kappa shape index (κ3) is 4.85. The molecule has 4 heteroatoms. The highest BCUT2D eigenvalue weighted by Gasteiger charge is 2.21. The fraction of sp³-hybridized carbons (Fsp3) is 0.500.